The fourth-order valence-electron chi connectivity index (χ4n) is 3.28. The summed E-state index contributed by atoms with van der Waals surface area (Å²) in [6.45, 7) is 0. The molecule has 0 saturated heterocycles. The standard InChI is InChI=1S/C22H19N5/c23-22(26-27-24)18-5-3-4-17(13-18)16-10-8-15(9-11-16)12-19-14-25-21-7-2-1-6-20(19)21/h1-11,13-14,25H,12H2,(H3,23,24,26). The number of amidine groups is 1. The van der Waals surface area contributed by atoms with E-state index < -0.39 is 0 Å². The Morgan fingerprint density at radius 1 is 0.926 bits per heavy atom. The van der Waals surface area contributed by atoms with Crippen LogP contribution < -0.4 is 5.73 Å². The van der Waals surface area contributed by atoms with Crippen LogP contribution in [-0.4, -0.2) is 10.8 Å². The van der Waals surface area contributed by atoms with E-state index in [1.165, 1.54) is 22.0 Å². The topological polar surface area (TPSA) is 90.4 Å². The van der Waals surface area contributed by atoms with E-state index in [0.29, 0.717) is 0 Å². The third-order valence-corrected chi connectivity index (χ3v) is 4.67. The summed E-state index contributed by atoms with van der Waals surface area (Å²) in [6, 6.07) is 24.7. The highest BCUT2D eigenvalue weighted by Gasteiger charge is 2.06. The van der Waals surface area contributed by atoms with Gasteiger partial charge in [0, 0.05) is 22.7 Å². The van der Waals surface area contributed by atoms with Crippen LogP contribution in [-0.2, 0) is 6.42 Å². The second kappa shape index (κ2) is 7.25. The Labute approximate surface area is 157 Å². The number of hydrogen-bond acceptors (Lipinski definition) is 2. The largest absolute Gasteiger partial charge is 0.382 e. The van der Waals surface area contributed by atoms with Crippen LogP contribution in [0, 0.1) is 5.53 Å². The van der Waals surface area contributed by atoms with Gasteiger partial charge in [-0.25, -0.2) is 0 Å². The first-order valence-corrected chi connectivity index (χ1v) is 8.69. The van der Waals surface area contributed by atoms with E-state index in [-0.39, 0.29) is 5.84 Å². The van der Waals surface area contributed by atoms with Crippen molar-refractivity contribution < 1.29 is 0 Å². The van der Waals surface area contributed by atoms with Crippen LogP contribution in [0.15, 0.2) is 89.3 Å². The van der Waals surface area contributed by atoms with Crippen molar-refractivity contribution >= 4 is 16.7 Å². The van der Waals surface area contributed by atoms with Crippen molar-refractivity contribution in [2.24, 2.45) is 16.1 Å². The predicted molar refractivity (Wildman–Crippen MR) is 109 cm³/mol. The zero-order valence-electron chi connectivity index (χ0n) is 14.7. The van der Waals surface area contributed by atoms with Crippen molar-refractivity contribution in [2.75, 3.05) is 0 Å². The highest BCUT2D eigenvalue weighted by molar-refractivity contribution is 5.98. The number of benzene rings is 3. The monoisotopic (exact) mass is 353 g/mol. The Kier molecular flexibility index (Phi) is 4.49. The number of rotatable bonds is 5. The highest BCUT2D eigenvalue weighted by atomic mass is 15.3. The number of H-pyrrole nitrogens is 1. The summed E-state index contributed by atoms with van der Waals surface area (Å²) in [4.78, 5) is 3.33. The molecule has 0 atom stereocenters. The minimum Gasteiger partial charge on any atom is -0.382 e. The molecule has 3 aromatic carbocycles. The van der Waals surface area contributed by atoms with Crippen LogP contribution in [0.1, 0.15) is 16.7 Å². The molecule has 0 aliphatic rings. The van der Waals surface area contributed by atoms with Crippen molar-refractivity contribution in [1.29, 1.82) is 5.53 Å². The smallest absolute Gasteiger partial charge is 0.155 e. The first kappa shape index (κ1) is 16.7. The van der Waals surface area contributed by atoms with Gasteiger partial charge in [0.2, 0.25) is 0 Å². The fraction of sp³-hybridized carbons (Fsp3) is 0.0455. The molecule has 1 heterocycles. The van der Waals surface area contributed by atoms with Gasteiger partial charge in [0.25, 0.3) is 0 Å². The molecule has 0 bridgehead atoms. The van der Waals surface area contributed by atoms with E-state index in [0.717, 1.165) is 23.1 Å². The first-order chi connectivity index (χ1) is 13.2. The number of hydrogen-bond donors (Lipinski definition) is 3. The van der Waals surface area contributed by atoms with Gasteiger partial charge in [0.1, 0.15) is 0 Å². The van der Waals surface area contributed by atoms with E-state index in [1.54, 1.807) is 0 Å². The predicted octanol–water partition coefficient (Wildman–Crippen LogP) is 5.08. The van der Waals surface area contributed by atoms with Crippen molar-refractivity contribution in [2.45, 2.75) is 6.42 Å². The molecule has 0 unspecified atom stereocenters. The molecule has 4 N–H and O–H groups in total. The zero-order chi connectivity index (χ0) is 18.6. The minimum atomic E-state index is 0.239. The molecule has 4 rings (SSSR count). The number of nitrogens with zero attached hydrogens (tertiary/aromatic N) is 2. The van der Waals surface area contributed by atoms with E-state index in [2.05, 4.69) is 64.0 Å². The van der Waals surface area contributed by atoms with Crippen LogP contribution in [0.2, 0.25) is 0 Å². The lowest BCUT2D eigenvalue weighted by Crippen LogP contribution is -2.12. The maximum absolute atomic E-state index is 6.81. The van der Waals surface area contributed by atoms with Gasteiger partial charge in [-0.05, 0) is 40.8 Å². The first-order valence-electron chi connectivity index (χ1n) is 8.69. The zero-order valence-corrected chi connectivity index (χ0v) is 14.7. The highest BCUT2D eigenvalue weighted by Crippen LogP contribution is 2.24. The number of aromatic amines is 1. The number of nitrogens with two attached hydrogens (primary N) is 1. The molecule has 27 heavy (non-hydrogen) atoms. The summed E-state index contributed by atoms with van der Waals surface area (Å²) in [5.74, 6) is 0.239. The normalized spacial score (nSPS) is 11.6. The van der Waals surface area contributed by atoms with Gasteiger partial charge in [-0.1, -0.05) is 65.9 Å². The quantitative estimate of drug-likeness (QED) is 0.199. The van der Waals surface area contributed by atoms with Gasteiger partial charge < -0.3 is 10.7 Å². The summed E-state index contributed by atoms with van der Waals surface area (Å²) in [6.07, 6.45) is 2.97. The number of para-hydroxylation sites is 1. The Hall–Kier alpha value is -3.73. The summed E-state index contributed by atoms with van der Waals surface area (Å²) in [5.41, 5.74) is 19.3. The molecule has 1 aromatic heterocycles. The maximum atomic E-state index is 6.81. The third-order valence-electron chi connectivity index (χ3n) is 4.67. The molecule has 0 spiro atoms. The maximum Gasteiger partial charge on any atom is 0.155 e. The lowest BCUT2D eigenvalue weighted by Gasteiger charge is -2.07. The number of fused-ring (bicyclic) bond motifs is 1. The lowest BCUT2D eigenvalue weighted by atomic mass is 9.99. The third kappa shape index (κ3) is 3.48. The SMILES string of the molecule is N=NN=C(N)c1cccc(-c2ccc(Cc3c[nH]c4ccccc34)cc2)c1. The molecule has 0 aliphatic heterocycles. The second-order valence-corrected chi connectivity index (χ2v) is 6.40. The van der Waals surface area contributed by atoms with Crippen LogP contribution in [0.5, 0.6) is 0 Å². The molecule has 132 valence electrons. The average molecular weight is 353 g/mol. The van der Waals surface area contributed by atoms with E-state index in [1.807, 2.05) is 30.3 Å². The van der Waals surface area contributed by atoms with Gasteiger partial charge >= 0.3 is 0 Å². The van der Waals surface area contributed by atoms with E-state index in [4.69, 9.17) is 11.3 Å². The number of aromatic nitrogens is 1. The molecular weight excluding hydrogens is 334 g/mol. The molecule has 5 nitrogen and oxygen atoms in total. The Morgan fingerprint density at radius 2 is 1.74 bits per heavy atom. The van der Waals surface area contributed by atoms with Gasteiger partial charge in [-0.3, -0.25) is 0 Å². The van der Waals surface area contributed by atoms with Crippen molar-refractivity contribution in [1.82, 2.24) is 4.98 Å². The lowest BCUT2D eigenvalue weighted by molar-refractivity contribution is 0.986. The summed E-state index contributed by atoms with van der Waals surface area (Å²) >= 11 is 0. The molecule has 0 saturated carbocycles. The second-order valence-electron chi connectivity index (χ2n) is 6.40. The van der Waals surface area contributed by atoms with Crippen LogP contribution in [0.4, 0.5) is 0 Å². The van der Waals surface area contributed by atoms with Gasteiger partial charge in [0.15, 0.2) is 5.84 Å². The van der Waals surface area contributed by atoms with Gasteiger partial charge in [-0.2, -0.15) is 5.53 Å². The fourth-order valence-corrected chi connectivity index (χ4v) is 3.28. The van der Waals surface area contributed by atoms with Crippen LogP contribution in [0.3, 0.4) is 0 Å². The number of nitrogens with one attached hydrogen (secondary N) is 2. The Balaban J connectivity index is 1.58. The molecule has 0 aliphatic carbocycles. The van der Waals surface area contributed by atoms with Crippen LogP contribution in [0.25, 0.3) is 22.0 Å². The molecule has 0 fully saturated rings. The van der Waals surface area contributed by atoms with Gasteiger partial charge in [-0.15, -0.1) is 5.10 Å². The van der Waals surface area contributed by atoms with Gasteiger partial charge in [0.05, 0.1) is 0 Å². The Bertz CT molecular complexity index is 1120. The summed E-state index contributed by atoms with van der Waals surface area (Å²) < 4.78 is 0. The van der Waals surface area contributed by atoms with Crippen molar-refractivity contribution in [3.05, 3.63) is 95.7 Å². The van der Waals surface area contributed by atoms with E-state index >= 15 is 0 Å². The average Bonchev–Trinajstić information content (AvgIpc) is 3.12. The van der Waals surface area contributed by atoms with Crippen molar-refractivity contribution in [3.63, 3.8) is 0 Å². The molecular formula is C22H19N5. The molecule has 0 amide bonds. The minimum absolute atomic E-state index is 0.239. The molecule has 0 radical (unpaired) electrons. The van der Waals surface area contributed by atoms with Crippen molar-refractivity contribution in [3.8, 4) is 11.1 Å². The van der Waals surface area contributed by atoms with E-state index in [9.17, 15) is 0 Å². The summed E-state index contributed by atoms with van der Waals surface area (Å²) in [7, 11) is 0. The Morgan fingerprint density at radius 3 is 2.56 bits per heavy atom. The molecule has 4 aromatic rings. The summed E-state index contributed by atoms with van der Waals surface area (Å²) in [5, 5.41) is 7.85. The molecule has 5 heteroatoms. The van der Waals surface area contributed by atoms with Crippen LogP contribution >= 0.6 is 0 Å².